The largest absolute Gasteiger partial charge is 0.465 e. The van der Waals surface area contributed by atoms with Crippen LogP contribution in [0.3, 0.4) is 0 Å². The Kier molecular flexibility index (Phi) is 7.32. The molecule has 2 N–H and O–H groups in total. The maximum atomic E-state index is 12.6. The summed E-state index contributed by atoms with van der Waals surface area (Å²) in [5, 5.41) is 5.91. The van der Waals surface area contributed by atoms with Crippen molar-refractivity contribution in [3.63, 3.8) is 0 Å². The van der Waals surface area contributed by atoms with Crippen LogP contribution in [0.1, 0.15) is 36.5 Å². The number of hydrogen-bond acceptors (Lipinski definition) is 5. The highest BCUT2D eigenvalue weighted by Gasteiger charge is 2.23. The minimum atomic E-state index is -3.08. The van der Waals surface area contributed by atoms with Crippen LogP contribution in [0.5, 0.6) is 5.75 Å². The van der Waals surface area contributed by atoms with Crippen LogP contribution in [0.25, 0.3) is 0 Å². The van der Waals surface area contributed by atoms with E-state index >= 15 is 0 Å². The number of methoxy groups -OCH3 is 1. The monoisotopic (exact) mass is 370 g/mol. The number of hydrogen-bond donors (Lipinski definition) is 2. The molecule has 0 radical (unpaired) electrons. The molecule has 26 heavy (non-hydrogen) atoms. The number of amides is 1. The molecule has 0 saturated carbocycles. The van der Waals surface area contributed by atoms with Crippen molar-refractivity contribution < 1.29 is 27.8 Å². The molecule has 0 aromatic heterocycles. The lowest BCUT2D eigenvalue weighted by Crippen LogP contribution is -2.34. The number of alkyl halides is 2. The van der Waals surface area contributed by atoms with Gasteiger partial charge >= 0.3 is 12.6 Å². The van der Waals surface area contributed by atoms with E-state index < -0.39 is 12.6 Å². The lowest BCUT2D eigenvalue weighted by molar-refractivity contribution is -0.117. The van der Waals surface area contributed by atoms with Gasteiger partial charge in [-0.3, -0.25) is 4.79 Å². The summed E-state index contributed by atoms with van der Waals surface area (Å²) in [6.45, 7) is 0.803. The Morgan fingerprint density at radius 1 is 1.38 bits per heavy atom. The van der Waals surface area contributed by atoms with Crippen LogP contribution in [-0.2, 0) is 9.53 Å². The van der Waals surface area contributed by atoms with E-state index in [1.165, 1.54) is 19.2 Å². The highest BCUT2D eigenvalue weighted by atomic mass is 19.3. The van der Waals surface area contributed by atoms with Gasteiger partial charge in [0.1, 0.15) is 5.75 Å². The summed E-state index contributed by atoms with van der Waals surface area (Å²) < 4.78 is 34.3. The van der Waals surface area contributed by atoms with Crippen LogP contribution in [-0.4, -0.2) is 38.7 Å². The molecule has 2 rings (SSSR count). The fraction of sp³-hybridized carbons (Fsp3) is 0.556. The van der Waals surface area contributed by atoms with Crippen LogP contribution in [0, 0.1) is 11.8 Å². The number of anilines is 1. The number of rotatable bonds is 7. The number of halogens is 2. The standard InChI is InChI=1S/C18H24F2N2O4/c1-11(13-4-3-7-21-10-13)8-16(23)22-14-6-5-12(17(24)25-2)9-15(14)26-18(19)20/h5-6,9,11,13,18,21H,3-4,7-8,10H2,1-2H3,(H,22,23). The zero-order valence-corrected chi connectivity index (χ0v) is 14.9. The first kappa shape index (κ1) is 20.1. The highest BCUT2D eigenvalue weighted by Crippen LogP contribution is 2.29. The topological polar surface area (TPSA) is 76.7 Å². The number of carbonyl (C=O) groups excluding carboxylic acids is 2. The van der Waals surface area contributed by atoms with Gasteiger partial charge in [0.25, 0.3) is 0 Å². The second kappa shape index (κ2) is 9.47. The van der Waals surface area contributed by atoms with Gasteiger partial charge in [-0.2, -0.15) is 8.78 Å². The molecule has 1 fully saturated rings. The maximum Gasteiger partial charge on any atom is 0.387 e. The normalized spacial score (nSPS) is 18.3. The van der Waals surface area contributed by atoms with Crippen molar-refractivity contribution in [1.82, 2.24) is 5.32 Å². The number of piperidine rings is 1. The van der Waals surface area contributed by atoms with E-state index in [9.17, 15) is 18.4 Å². The molecule has 1 heterocycles. The molecule has 0 aliphatic carbocycles. The van der Waals surface area contributed by atoms with Gasteiger partial charge in [0.05, 0.1) is 18.4 Å². The molecule has 1 amide bonds. The van der Waals surface area contributed by atoms with Gasteiger partial charge in [0.15, 0.2) is 0 Å². The summed E-state index contributed by atoms with van der Waals surface area (Å²) in [6, 6.07) is 3.87. The molecular formula is C18H24F2N2O4. The summed E-state index contributed by atoms with van der Waals surface area (Å²) in [4.78, 5) is 23.9. The molecule has 1 aliphatic heterocycles. The van der Waals surface area contributed by atoms with Crippen LogP contribution in [0.2, 0.25) is 0 Å². The molecule has 6 nitrogen and oxygen atoms in total. The summed E-state index contributed by atoms with van der Waals surface area (Å²) in [7, 11) is 1.19. The van der Waals surface area contributed by atoms with Gasteiger partial charge in [-0.15, -0.1) is 0 Å². The second-order valence-electron chi connectivity index (χ2n) is 6.42. The maximum absolute atomic E-state index is 12.6. The van der Waals surface area contributed by atoms with Crippen LogP contribution < -0.4 is 15.4 Å². The summed E-state index contributed by atoms with van der Waals surface area (Å²) in [6.07, 6.45) is 2.42. The molecule has 1 aromatic rings. The Bertz CT molecular complexity index is 634. The fourth-order valence-corrected chi connectivity index (χ4v) is 3.09. The first-order valence-corrected chi connectivity index (χ1v) is 8.58. The molecule has 8 heteroatoms. The van der Waals surface area contributed by atoms with Gasteiger partial charge in [-0.05, 0) is 56.0 Å². The van der Waals surface area contributed by atoms with Gasteiger partial charge in [-0.25, -0.2) is 4.79 Å². The third-order valence-corrected chi connectivity index (χ3v) is 4.54. The van der Waals surface area contributed by atoms with E-state index in [0.717, 1.165) is 32.0 Å². The predicted molar refractivity (Wildman–Crippen MR) is 92.4 cm³/mol. The third kappa shape index (κ3) is 5.66. The van der Waals surface area contributed by atoms with Gasteiger partial charge in [-0.1, -0.05) is 6.92 Å². The Morgan fingerprint density at radius 3 is 2.77 bits per heavy atom. The number of ether oxygens (including phenoxy) is 2. The third-order valence-electron chi connectivity index (χ3n) is 4.54. The first-order chi connectivity index (χ1) is 12.4. The van der Waals surface area contributed by atoms with Crippen LogP contribution in [0.4, 0.5) is 14.5 Å². The lowest BCUT2D eigenvalue weighted by atomic mass is 9.85. The predicted octanol–water partition coefficient (Wildman–Crippen LogP) is 3.04. The van der Waals surface area contributed by atoms with Gasteiger partial charge in [0, 0.05) is 6.42 Å². The molecule has 1 saturated heterocycles. The van der Waals surface area contributed by atoms with Crippen molar-refractivity contribution in [2.75, 3.05) is 25.5 Å². The van der Waals surface area contributed by atoms with E-state index in [-0.39, 0.29) is 35.2 Å². The lowest BCUT2D eigenvalue weighted by Gasteiger charge is -2.28. The van der Waals surface area contributed by atoms with E-state index in [2.05, 4.69) is 20.1 Å². The molecule has 0 bridgehead atoms. The number of benzene rings is 1. The van der Waals surface area contributed by atoms with E-state index in [1.807, 2.05) is 6.92 Å². The van der Waals surface area contributed by atoms with E-state index in [0.29, 0.717) is 5.92 Å². The van der Waals surface area contributed by atoms with Gasteiger partial charge in [0.2, 0.25) is 5.91 Å². The Hall–Kier alpha value is -2.22. The second-order valence-corrected chi connectivity index (χ2v) is 6.42. The summed E-state index contributed by atoms with van der Waals surface area (Å²) >= 11 is 0. The van der Waals surface area contributed by atoms with Crippen molar-refractivity contribution in [2.45, 2.75) is 32.8 Å². The van der Waals surface area contributed by atoms with Gasteiger partial charge < -0.3 is 20.1 Å². The molecule has 0 spiro atoms. The van der Waals surface area contributed by atoms with Crippen LogP contribution in [0.15, 0.2) is 18.2 Å². The zero-order valence-electron chi connectivity index (χ0n) is 14.9. The number of esters is 1. The number of nitrogens with one attached hydrogen (secondary N) is 2. The Labute approximate surface area is 151 Å². The van der Waals surface area contributed by atoms with Crippen molar-refractivity contribution in [3.8, 4) is 5.75 Å². The molecule has 144 valence electrons. The van der Waals surface area contributed by atoms with Crippen molar-refractivity contribution in [2.24, 2.45) is 11.8 Å². The summed E-state index contributed by atoms with van der Waals surface area (Å²) in [5.74, 6) is -0.666. The minimum Gasteiger partial charge on any atom is -0.465 e. The van der Waals surface area contributed by atoms with Crippen LogP contribution >= 0.6 is 0 Å². The van der Waals surface area contributed by atoms with E-state index in [4.69, 9.17) is 0 Å². The number of carbonyl (C=O) groups is 2. The Balaban J connectivity index is 2.06. The zero-order chi connectivity index (χ0) is 19.1. The average molecular weight is 370 g/mol. The molecule has 2 atom stereocenters. The Morgan fingerprint density at radius 2 is 2.15 bits per heavy atom. The highest BCUT2D eigenvalue weighted by molar-refractivity contribution is 5.95. The molecular weight excluding hydrogens is 346 g/mol. The van der Waals surface area contributed by atoms with Crippen molar-refractivity contribution in [1.29, 1.82) is 0 Å². The minimum absolute atomic E-state index is 0.0581. The van der Waals surface area contributed by atoms with Crippen molar-refractivity contribution >= 4 is 17.6 Å². The average Bonchev–Trinajstić information content (AvgIpc) is 2.62. The van der Waals surface area contributed by atoms with Crippen molar-refractivity contribution in [3.05, 3.63) is 23.8 Å². The molecule has 1 aromatic carbocycles. The molecule has 1 aliphatic rings. The smallest absolute Gasteiger partial charge is 0.387 e. The fourth-order valence-electron chi connectivity index (χ4n) is 3.09. The molecule has 2 unspecified atom stereocenters. The summed E-state index contributed by atoms with van der Waals surface area (Å²) in [5.41, 5.74) is 0.153. The van der Waals surface area contributed by atoms with E-state index in [1.54, 1.807) is 0 Å². The quantitative estimate of drug-likeness (QED) is 0.722. The SMILES string of the molecule is COC(=O)c1ccc(NC(=O)CC(C)C2CCCNC2)c(OC(F)F)c1. The first-order valence-electron chi connectivity index (χ1n) is 8.58.